The van der Waals surface area contributed by atoms with Gasteiger partial charge in [-0.2, -0.15) is 12.6 Å². The summed E-state index contributed by atoms with van der Waals surface area (Å²) in [6.45, 7) is 0.712. The molecule has 1 aliphatic heterocycles. The van der Waals surface area contributed by atoms with Crippen LogP contribution in [0.2, 0.25) is 0 Å². The van der Waals surface area contributed by atoms with Crippen molar-refractivity contribution in [2.75, 3.05) is 17.2 Å². The molecule has 0 saturated carbocycles. The molecular formula is C7H8BrN3OS2. The first kappa shape index (κ1) is 10.4. The third-order valence-electron chi connectivity index (χ3n) is 2.08. The van der Waals surface area contributed by atoms with Gasteiger partial charge in [0.25, 0.3) is 0 Å². The van der Waals surface area contributed by atoms with Crippen molar-refractivity contribution in [2.24, 2.45) is 5.92 Å². The van der Waals surface area contributed by atoms with Crippen LogP contribution in [0.4, 0.5) is 5.13 Å². The van der Waals surface area contributed by atoms with Crippen molar-refractivity contribution in [3.8, 4) is 0 Å². The number of aromatic nitrogens is 2. The zero-order valence-electron chi connectivity index (χ0n) is 7.18. The lowest BCUT2D eigenvalue weighted by Gasteiger charge is -2.10. The van der Waals surface area contributed by atoms with Crippen molar-refractivity contribution in [3.63, 3.8) is 0 Å². The van der Waals surface area contributed by atoms with E-state index in [0.717, 1.165) is 5.75 Å². The summed E-state index contributed by atoms with van der Waals surface area (Å²) in [7, 11) is 0. The van der Waals surface area contributed by atoms with Gasteiger partial charge in [0.15, 0.2) is 3.92 Å². The zero-order chi connectivity index (χ0) is 10.1. The Balaban J connectivity index is 2.16. The average molecular weight is 294 g/mol. The van der Waals surface area contributed by atoms with Gasteiger partial charge in [-0.1, -0.05) is 11.3 Å². The van der Waals surface area contributed by atoms with Gasteiger partial charge in [0.05, 0.1) is 0 Å². The number of anilines is 1. The van der Waals surface area contributed by atoms with Gasteiger partial charge in [-0.3, -0.25) is 9.69 Å². The molecule has 76 valence electrons. The maximum Gasteiger partial charge on any atom is 0.229 e. The summed E-state index contributed by atoms with van der Waals surface area (Å²) in [5, 5.41) is 8.41. The summed E-state index contributed by atoms with van der Waals surface area (Å²) < 4.78 is 0.703. The molecule has 2 heterocycles. The van der Waals surface area contributed by atoms with E-state index in [0.29, 0.717) is 27.9 Å². The molecule has 1 fully saturated rings. The summed E-state index contributed by atoms with van der Waals surface area (Å²) in [5.74, 6) is 1.20. The highest BCUT2D eigenvalue weighted by atomic mass is 79.9. The Morgan fingerprint density at radius 3 is 2.93 bits per heavy atom. The van der Waals surface area contributed by atoms with Crippen molar-refractivity contribution in [2.45, 2.75) is 6.42 Å². The minimum atomic E-state index is 0.118. The van der Waals surface area contributed by atoms with E-state index in [4.69, 9.17) is 0 Å². The van der Waals surface area contributed by atoms with Gasteiger partial charge < -0.3 is 0 Å². The number of amides is 1. The second kappa shape index (κ2) is 4.16. The maximum absolute atomic E-state index is 11.6. The van der Waals surface area contributed by atoms with Crippen LogP contribution >= 0.6 is 39.9 Å². The lowest BCUT2D eigenvalue weighted by Crippen LogP contribution is -2.24. The van der Waals surface area contributed by atoms with Gasteiger partial charge in [-0.15, -0.1) is 10.2 Å². The SMILES string of the molecule is O=C1CC(CS)CN1c1nnc(Br)s1. The van der Waals surface area contributed by atoms with Gasteiger partial charge in [0.2, 0.25) is 11.0 Å². The zero-order valence-corrected chi connectivity index (χ0v) is 10.5. The van der Waals surface area contributed by atoms with Gasteiger partial charge in [0, 0.05) is 13.0 Å². The van der Waals surface area contributed by atoms with Crippen LogP contribution in [0.1, 0.15) is 6.42 Å². The summed E-state index contributed by atoms with van der Waals surface area (Å²) in [6, 6.07) is 0. The first-order valence-electron chi connectivity index (χ1n) is 4.11. The topological polar surface area (TPSA) is 46.1 Å². The van der Waals surface area contributed by atoms with Crippen LogP contribution in [0, 0.1) is 5.92 Å². The Morgan fingerprint density at radius 1 is 1.64 bits per heavy atom. The average Bonchev–Trinajstić information content (AvgIpc) is 2.71. The summed E-state index contributed by atoms with van der Waals surface area (Å²) in [5.41, 5.74) is 0. The van der Waals surface area contributed by atoms with Gasteiger partial charge in [-0.25, -0.2) is 0 Å². The molecule has 1 atom stereocenters. The molecule has 1 saturated heterocycles. The molecule has 0 aliphatic carbocycles. The van der Waals surface area contributed by atoms with E-state index in [1.165, 1.54) is 11.3 Å². The molecule has 1 unspecified atom stereocenters. The van der Waals surface area contributed by atoms with Crippen LogP contribution in [-0.2, 0) is 4.79 Å². The molecule has 4 nitrogen and oxygen atoms in total. The molecule has 0 bridgehead atoms. The quantitative estimate of drug-likeness (QED) is 0.842. The number of hydrogen-bond acceptors (Lipinski definition) is 5. The molecular weight excluding hydrogens is 286 g/mol. The number of rotatable bonds is 2. The van der Waals surface area contributed by atoms with Crippen LogP contribution in [-0.4, -0.2) is 28.4 Å². The van der Waals surface area contributed by atoms with Crippen LogP contribution in [0.15, 0.2) is 3.92 Å². The van der Waals surface area contributed by atoms with E-state index in [1.54, 1.807) is 4.90 Å². The molecule has 14 heavy (non-hydrogen) atoms. The van der Waals surface area contributed by atoms with Crippen molar-refractivity contribution < 1.29 is 4.79 Å². The fourth-order valence-corrected chi connectivity index (χ4v) is 2.75. The highest BCUT2D eigenvalue weighted by molar-refractivity contribution is 9.11. The Bertz CT molecular complexity index is 356. The van der Waals surface area contributed by atoms with E-state index in [9.17, 15) is 4.79 Å². The van der Waals surface area contributed by atoms with E-state index < -0.39 is 0 Å². The normalized spacial score (nSPS) is 22.0. The standard InChI is InChI=1S/C7H8BrN3OS2/c8-6-9-10-7(14-6)11-2-4(3-13)1-5(11)12/h4,13H,1-3H2. The fraction of sp³-hybridized carbons (Fsp3) is 0.571. The van der Waals surface area contributed by atoms with E-state index >= 15 is 0 Å². The predicted octanol–water partition coefficient (Wildman–Crippen LogP) is 1.58. The highest BCUT2D eigenvalue weighted by Crippen LogP contribution is 2.29. The summed E-state index contributed by atoms with van der Waals surface area (Å²) in [4.78, 5) is 13.3. The second-order valence-electron chi connectivity index (χ2n) is 3.09. The largest absolute Gasteiger partial charge is 0.286 e. The minimum Gasteiger partial charge on any atom is -0.286 e. The monoisotopic (exact) mass is 293 g/mol. The first-order valence-corrected chi connectivity index (χ1v) is 6.35. The molecule has 0 spiro atoms. The smallest absolute Gasteiger partial charge is 0.229 e. The Kier molecular flexibility index (Phi) is 3.08. The van der Waals surface area contributed by atoms with Gasteiger partial charge in [-0.05, 0) is 27.6 Å². The van der Waals surface area contributed by atoms with E-state index in [1.807, 2.05) is 0 Å². The molecule has 0 N–H and O–H groups in total. The van der Waals surface area contributed by atoms with E-state index in [-0.39, 0.29) is 5.91 Å². The van der Waals surface area contributed by atoms with Crippen LogP contribution in [0.3, 0.4) is 0 Å². The Labute approximate surface area is 99.2 Å². The third kappa shape index (κ3) is 1.94. The van der Waals surface area contributed by atoms with Crippen LogP contribution in [0.25, 0.3) is 0 Å². The fourth-order valence-electron chi connectivity index (χ4n) is 1.40. The van der Waals surface area contributed by atoms with Crippen molar-refractivity contribution >= 4 is 50.9 Å². The van der Waals surface area contributed by atoms with Crippen molar-refractivity contribution in [1.82, 2.24) is 10.2 Å². The number of halogens is 1. The molecule has 7 heteroatoms. The van der Waals surface area contributed by atoms with Gasteiger partial charge >= 0.3 is 0 Å². The minimum absolute atomic E-state index is 0.118. The Morgan fingerprint density at radius 2 is 2.43 bits per heavy atom. The molecule has 0 radical (unpaired) electrons. The molecule has 0 aromatic carbocycles. The lowest BCUT2D eigenvalue weighted by atomic mass is 10.1. The van der Waals surface area contributed by atoms with Crippen molar-refractivity contribution in [3.05, 3.63) is 3.92 Å². The van der Waals surface area contributed by atoms with Gasteiger partial charge in [0.1, 0.15) is 0 Å². The number of thiol groups is 1. The van der Waals surface area contributed by atoms with Crippen LogP contribution < -0.4 is 4.90 Å². The molecule has 1 aromatic rings. The maximum atomic E-state index is 11.6. The van der Waals surface area contributed by atoms with Crippen molar-refractivity contribution in [1.29, 1.82) is 0 Å². The number of carbonyl (C=O) groups excluding carboxylic acids is 1. The Hall–Kier alpha value is -0.140. The number of hydrogen-bond donors (Lipinski definition) is 1. The number of carbonyl (C=O) groups is 1. The predicted molar refractivity (Wildman–Crippen MR) is 61.9 cm³/mol. The highest BCUT2D eigenvalue weighted by Gasteiger charge is 2.31. The molecule has 2 rings (SSSR count). The molecule has 1 aromatic heterocycles. The molecule has 1 amide bonds. The van der Waals surface area contributed by atoms with E-state index in [2.05, 4.69) is 38.8 Å². The first-order chi connectivity index (χ1) is 6.70. The lowest BCUT2D eigenvalue weighted by molar-refractivity contribution is -0.117. The summed E-state index contributed by atoms with van der Waals surface area (Å²) >= 11 is 8.79. The third-order valence-corrected chi connectivity index (χ3v) is 3.98. The number of nitrogens with zero attached hydrogens (tertiary/aromatic N) is 3. The second-order valence-corrected chi connectivity index (χ2v) is 5.69. The molecule has 1 aliphatic rings. The van der Waals surface area contributed by atoms with Crippen LogP contribution in [0.5, 0.6) is 0 Å². The summed E-state index contributed by atoms with van der Waals surface area (Å²) in [6.07, 6.45) is 0.570.